The van der Waals surface area contributed by atoms with E-state index in [0.29, 0.717) is 6.04 Å². The van der Waals surface area contributed by atoms with E-state index in [1.807, 2.05) is 12.1 Å². The number of hydrogen-bond donors (Lipinski definition) is 2. The van der Waals surface area contributed by atoms with E-state index in [0.717, 1.165) is 49.7 Å². The Hall–Kier alpha value is -1.26. The molecule has 2 aliphatic rings. The molecular formula is C18H25ClN2O2. The maximum absolute atomic E-state index is 10.9. The number of benzene rings is 1. The third-order valence-corrected chi connectivity index (χ3v) is 5.60. The molecule has 1 heterocycles. The fourth-order valence-electron chi connectivity index (χ4n) is 4.15. The summed E-state index contributed by atoms with van der Waals surface area (Å²) in [5.74, 6) is 0.722. The van der Waals surface area contributed by atoms with Gasteiger partial charge in [0.15, 0.2) is 0 Å². The molecule has 0 spiro atoms. The molecule has 0 radical (unpaired) electrons. The number of carboxylic acid groups (broad SMARTS) is 1. The Kier molecular flexibility index (Phi) is 5.44. The number of piperidine rings is 1. The van der Waals surface area contributed by atoms with Gasteiger partial charge < -0.3 is 10.4 Å². The van der Waals surface area contributed by atoms with Gasteiger partial charge in [0.05, 0.1) is 0 Å². The average Bonchev–Trinajstić information content (AvgIpc) is 2.98. The van der Waals surface area contributed by atoms with Crippen LogP contribution in [-0.2, 0) is 6.42 Å². The van der Waals surface area contributed by atoms with Crippen molar-refractivity contribution in [2.24, 2.45) is 5.92 Å². The van der Waals surface area contributed by atoms with Gasteiger partial charge in [-0.05, 0) is 75.2 Å². The van der Waals surface area contributed by atoms with Crippen molar-refractivity contribution in [3.05, 3.63) is 34.9 Å². The molecule has 1 saturated carbocycles. The first kappa shape index (κ1) is 16.6. The molecule has 4 nitrogen and oxygen atoms in total. The van der Waals surface area contributed by atoms with Crippen molar-refractivity contribution in [1.82, 2.24) is 10.2 Å². The fourth-order valence-corrected chi connectivity index (χ4v) is 4.27. The Morgan fingerprint density at radius 1 is 1.17 bits per heavy atom. The molecule has 126 valence electrons. The standard InChI is InChI=1S/C18H25ClN2O2/c19-15-6-4-13(5-7-15)12-14-8-10-21(11-9-14)17-3-1-2-16(17)20-18(22)23/h4-7,14,16-17,20H,1-3,8-12H2,(H,22,23). The molecule has 1 aromatic carbocycles. The average molecular weight is 337 g/mol. The molecule has 1 aromatic rings. The SMILES string of the molecule is O=C(O)NC1CCCC1N1CCC(Cc2ccc(Cl)cc2)CC1. The Balaban J connectivity index is 1.50. The van der Waals surface area contributed by atoms with Crippen LogP contribution >= 0.6 is 11.6 Å². The van der Waals surface area contributed by atoms with Crippen LogP contribution in [0.15, 0.2) is 24.3 Å². The van der Waals surface area contributed by atoms with Crippen LogP contribution in [0.2, 0.25) is 5.02 Å². The Bertz CT molecular complexity index is 526. The van der Waals surface area contributed by atoms with E-state index in [-0.39, 0.29) is 6.04 Å². The predicted octanol–water partition coefficient (Wildman–Crippen LogP) is 3.78. The van der Waals surface area contributed by atoms with Gasteiger partial charge in [-0.15, -0.1) is 0 Å². The largest absolute Gasteiger partial charge is 0.465 e. The Labute approximate surface area is 142 Å². The van der Waals surface area contributed by atoms with Crippen molar-refractivity contribution < 1.29 is 9.90 Å². The first-order chi connectivity index (χ1) is 11.1. The molecule has 2 atom stereocenters. The molecule has 5 heteroatoms. The van der Waals surface area contributed by atoms with Gasteiger partial charge in [-0.2, -0.15) is 0 Å². The molecule has 1 amide bonds. The van der Waals surface area contributed by atoms with Gasteiger partial charge in [-0.1, -0.05) is 23.7 Å². The summed E-state index contributed by atoms with van der Waals surface area (Å²) in [7, 11) is 0. The van der Waals surface area contributed by atoms with Gasteiger partial charge in [0, 0.05) is 17.1 Å². The van der Waals surface area contributed by atoms with Gasteiger partial charge in [0.25, 0.3) is 0 Å². The van der Waals surface area contributed by atoms with Gasteiger partial charge in [0.1, 0.15) is 0 Å². The summed E-state index contributed by atoms with van der Waals surface area (Å²) in [5.41, 5.74) is 1.36. The monoisotopic (exact) mass is 336 g/mol. The zero-order valence-corrected chi connectivity index (χ0v) is 14.1. The minimum absolute atomic E-state index is 0.111. The first-order valence-corrected chi connectivity index (χ1v) is 8.97. The summed E-state index contributed by atoms with van der Waals surface area (Å²) in [6, 6.07) is 8.68. The van der Waals surface area contributed by atoms with Crippen LogP contribution in [0.1, 0.15) is 37.7 Å². The van der Waals surface area contributed by atoms with Gasteiger partial charge in [-0.3, -0.25) is 4.90 Å². The molecular weight excluding hydrogens is 312 g/mol. The van der Waals surface area contributed by atoms with E-state index in [1.165, 1.54) is 18.4 Å². The van der Waals surface area contributed by atoms with Crippen molar-refractivity contribution in [2.75, 3.05) is 13.1 Å². The lowest BCUT2D eigenvalue weighted by Crippen LogP contribution is -2.50. The maximum atomic E-state index is 10.9. The van der Waals surface area contributed by atoms with Crippen LogP contribution in [0, 0.1) is 5.92 Å². The normalized spacial score (nSPS) is 26.3. The van der Waals surface area contributed by atoms with Gasteiger partial charge >= 0.3 is 6.09 Å². The number of likely N-dealkylation sites (tertiary alicyclic amines) is 1. The summed E-state index contributed by atoms with van der Waals surface area (Å²) < 4.78 is 0. The first-order valence-electron chi connectivity index (χ1n) is 8.60. The van der Waals surface area contributed by atoms with Crippen LogP contribution in [0.25, 0.3) is 0 Å². The number of nitrogens with one attached hydrogen (secondary N) is 1. The van der Waals surface area contributed by atoms with Crippen LogP contribution in [0.5, 0.6) is 0 Å². The number of nitrogens with zero attached hydrogens (tertiary/aromatic N) is 1. The zero-order chi connectivity index (χ0) is 16.2. The molecule has 1 aliphatic carbocycles. The summed E-state index contributed by atoms with van der Waals surface area (Å²) in [6.45, 7) is 2.17. The van der Waals surface area contributed by atoms with Crippen LogP contribution < -0.4 is 5.32 Å². The molecule has 23 heavy (non-hydrogen) atoms. The van der Waals surface area contributed by atoms with Crippen LogP contribution in [0.3, 0.4) is 0 Å². The summed E-state index contributed by atoms with van der Waals surface area (Å²) in [4.78, 5) is 13.4. The molecule has 3 rings (SSSR count). The van der Waals surface area contributed by atoms with Crippen molar-refractivity contribution in [2.45, 2.75) is 50.6 Å². The van der Waals surface area contributed by atoms with E-state index in [1.54, 1.807) is 0 Å². The highest BCUT2D eigenvalue weighted by molar-refractivity contribution is 6.30. The lowest BCUT2D eigenvalue weighted by molar-refractivity contribution is 0.114. The molecule has 1 aliphatic heterocycles. The third-order valence-electron chi connectivity index (χ3n) is 5.34. The molecule has 1 saturated heterocycles. The molecule has 2 unspecified atom stereocenters. The van der Waals surface area contributed by atoms with E-state index < -0.39 is 6.09 Å². The second-order valence-corrected chi connectivity index (χ2v) is 7.30. The van der Waals surface area contributed by atoms with Crippen molar-refractivity contribution in [3.63, 3.8) is 0 Å². The topological polar surface area (TPSA) is 52.6 Å². The predicted molar refractivity (Wildman–Crippen MR) is 92.0 cm³/mol. The van der Waals surface area contributed by atoms with Crippen molar-refractivity contribution in [1.29, 1.82) is 0 Å². The van der Waals surface area contributed by atoms with E-state index >= 15 is 0 Å². The van der Waals surface area contributed by atoms with Crippen LogP contribution in [0.4, 0.5) is 4.79 Å². The molecule has 0 bridgehead atoms. The summed E-state index contributed by atoms with van der Waals surface area (Å²) in [6.07, 6.45) is 5.83. The highest BCUT2D eigenvalue weighted by Gasteiger charge is 2.34. The van der Waals surface area contributed by atoms with Crippen molar-refractivity contribution >= 4 is 17.7 Å². The second kappa shape index (κ2) is 7.54. The van der Waals surface area contributed by atoms with Gasteiger partial charge in [-0.25, -0.2) is 4.79 Å². The number of hydrogen-bond acceptors (Lipinski definition) is 2. The lowest BCUT2D eigenvalue weighted by Gasteiger charge is -2.38. The zero-order valence-electron chi connectivity index (χ0n) is 13.4. The quantitative estimate of drug-likeness (QED) is 0.879. The van der Waals surface area contributed by atoms with Crippen LogP contribution in [-0.4, -0.2) is 41.3 Å². The molecule has 2 N–H and O–H groups in total. The number of carbonyl (C=O) groups is 1. The molecule has 0 aromatic heterocycles. The number of amides is 1. The summed E-state index contributed by atoms with van der Waals surface area (Å²) >= 11 is 5.94. The maximum Gasteiger partial charge on any atom is 0.404 e. The Morgan fingerprint density at radius 2 is 1.87 bits per heavy atom. The third kappa shape index (κ3) is 4.39. The minimum atomic E-state index is -0.889. The fraction of sp³-hybridized carbons (Fsp3) is 0.611. The lowest BCUT2D eigenvalue weighted by atomic mass is 9.89. The second-order valence-electron chi connectivity index (χ2n) is 6.86. The van der Waals surface area contributed by atoms with E-state index in [4.69, 9.17) is 16.7 Å². The number of rotatable bonds is 4. The minimum Gasteiger partial charge on any atom is -0.465 e. The highest BCUT2D eigenvalue weighted by atomic mass is 35.5. The smallest absolute Gasteiger partial charge is 0.404 e. The van der Waals surface area contributed by atoms with Gasteiger partial charge in [0.2, 0.25) is 0 Å². The highest BCUT2D eigenvalue weighted by Crippen LogP contribution is 2.29. The Morgan fingerprint density at radius 3 is 2.52 bits per heavy atom. The van der Waals surface area contributed by atoms with Crippen molar-refractivity contribution in [3.8, 4) is 0 Å². The van der Waals surface area contributed by atoms with E-state index in [9.17, 15) is 4.79 Å². The number of halogens is 1. The molecule has 2 fully saturated rings. The summed E-state index contributed by atoms with van der Waals surface area (Å²) in [5, 5.41) is 12.5. The van der Waals surface area contributed by atoms with E-state index in [2.05, 4.69) is 22.3 Å².